The van der Waals surface area contributed by atoms with Crippen LogP contribution in [0.25, 0.3) is 0 Å². The van der Waals surface area contributed by atoms with Gasteiger partial charge in [-0.05, 0) is 45.4 Å². The summed E-state index contributed by atoms with van der Waals surface area (Å²) in [6.45, 7) is 3.50. The number of amides is 5. The molecule has 0 spiro atoms. The first kappa shape index (κ1) is 33.2. The van der Waals surface area contributed by atoms with Gasteiger partial charge < -0.3 is 49.0 Å². The number of aldehydes is 1. The minimum Gasteiger partial charge on any atom is -0.370 e. The summed E-state index contributed by atoms with van der Waals surface area (Å²) in [6, 6.07) is -3.90. The van der Waals surface area contributed by atoms with Crippen LogP contribution in [0.1, 0.15) is 58.8 Å². The Bertz CT molecular complexity index is 816. The van der Waals surface area contributed by atoms with E-state index in [4.69, 9.17) is 22.9 Å². The molecule has 4 atom stereocenters. The van der Waals surface area contributed by atoms with E-state index in [1.165, 1.54) is 13.8 Å². The van der Waals surface area contributed by atoms with E-state index in [0.29, 0.717) is 38.6 Å². The fraction of sp³-hybridized carbons (Fsp3) is 0.682. The summed E-state index contributed by atoms with van der Waals surface area (Å²) >= 11 is 0. The van der Waals surface area contributed by atoms with E-state index in [2.05, 4.69) is 26.3 Å². The van der Waals surface area contributed by atoms with Gasteiger partial charge in [0.25, 0.3) is 0 Å². The molecule has 0 saturated heterocycles. The number of primary amides is 1. The summed E-state index contributed by atoms with van der Waals surface area (Å²) in [5.74, 6) is -2.70. The first-order valence-corrected chi connectivity index (χ1v) is 12.1. The van der Waals surface area contributed by atoms with Gasteiger partial charge in [0.2, 0.25) is 29.5 Å². The van der Waals surface area contributed by atoms with Crippen LogP contribution in [-0.4, -0.2) is 79.0 Å². The zero-order chi connectivity index (χ0) is 28.4. The highest BCUT2D eigenvalue weighted by atomic mass is 16.2. The molecule has 0 aromatic rings. The standard InChI is InChI=1S/C22H41N9O6/c1-13(19(35)30-15(12-32)8-9-18(24)34)29-21(37)17(7-3-4-10-27-14(2)33)31-20(36)16(23)6-5-11-28-22(25)26/h12-13,15-17H,3-11,23H2,1-2H3,(H2,24,34)(H,27,33)(H,29,37)(H,30,35)(H,31,36)(H4,25,26,28)/t13-,15-,16-,17-/m0/s1. The van der Waals surface area contributed by atoms with Gasteiger partial charge >= 0.3 is 0 Å². The fourth-order valence-corrected chi connectivity index (χ4v) is 3.10. The van der Waals surface area contributed by atoms with Crippen molar-refractivity contribution in [1.29, 1.82) is 0 Å². The predicted molar refractivity (Wildman–Crippen MR) is 136 cm³/mol. The van der Waals surface area contributed by atoms with Gasteiger partial charge in [0.1, 0.15) is 18.4 Å². The summed E-state index contributed by atoms with van der Waals surface area (Å²) in [6.07, 6.45) is 2.40. The van der Waals surface area contributed by atoms with Crippen LogP contribution in [0.2, 0.25) is 0 Å². The van der Waals surface area contributed by atoms with Gasteiger partial charge in [-0.2, -0.15) is 0 Å². The highest BCUT2D eigenvalue weighted by Crippen LogP contribution is 2.05. The number of guanidine groups is 1. The Labute approximate surface area is 216 Å². The van der Waals surface area contributed by atoms with E-state index < -0.39 is 47.8 Å². The molecule has 0 rings (SSSR count). The van der Waals surface area contributed by atoms with Crippen molar-refractivity contribution < 1.29 is 28.8 Å². The van der Waals surface area contributed by atoms with Gasteiger partial charge in [-0.3, -0.25) is 29.0 Å². The quantitative estimate of drug-likeness (QED) is 0.0359. The summed E-state index contributed by atoms with van der Waals surface area (Å²) in [5, 5.41) is 10.2. The van der Waals surface area contributed by atoms with Gasteiger partial charge in [-0.15, -0.1) is 0 Å². The van der Waals surface area contributed by atoms with E-state index in [0.717, 1.165) is 0 Å². The van der Waals surface area contributed by atoms with Gasteiger partial charge in [0.15, 0.2) is 5.96 Å². The lowest BCUT2D eigenvalue weighted by molar-refractivity contribution is -0.133. The maximum Gasteiger partial charge on any atom is 0.243 e. The average Bonchev–Trinajstić information content (AvgIpc) is 2.82. The van der Waals surface area contributed by atoms with Gasteiger partial charge in [-0.1, -0.05) is 0 Å². The molecule has 0 fully saturated rings. The molecule has 0 saturated carbocycles. The molecule has 0 bridgehead atoms. The lowest BCUT2D eigenvalue weighted by Gasteiger charge is -2.23. The Morgan fingerprint density at radius 1 is 0.865 bits per heavy atom. The second-order valence-electron chi connectivity index (χ2n) is 8.58. The van der Waals surface area contributed by atoms with Crippen LogP contribution >= 0.6 is 0 Å². The molecule has 0 aliphatic rings. The smallest absolute Gasteiger partial charge is 0.243 e. The third-order valence-corrected chi connectivity index (χ3v) is 5.18. The number of carbonyl (C=O) groups excluding carboxylic acids is 6. The number of nitrogens with one attached hydrogen (secondary N) is 4. The van der Waals surface area contributed by atoms with Crippen LogP contribution in [0, 0.1) is 0 Å². The van der Waals surface area contributed by atoms with E-state index in [9.17, 15) is 28.8 Å². The van der Waals surface area contributed by atoms with E-state index in [1.54, 1.807) is 0 Å². The zero-order valence-electron chi connectivity index (χ0n) is 21.5. The number of nitrogens with two attached hydrogens (primary N) is 4. The lowest BCUT2D eigenvalue weighted by atomic mass is 10.1. The Kier molecular flexibility index (Phi) is 16.6. The minimum atomic E-state index is -1.05. The molecule has 0 unspecified atom stereocenters. The molecule has 37 heavy (non-hydrogen) atoms. The molecule has 0 aromatic heterocycles. The third-order valence-electron chi connectivity index (χ3n) is 5.18. The van der Waals surface area contributed by atoms with Crippen molar-refractivity contribution in [3.63, 3.8) is 0 Å². The zero-order valence-corrected chi connectivity index (χ0v) is 21.5. The molecule has 15 nitrogen and oxygen atoms in total. The Morgan fingerprint density at radius 3 is 2.11 bits per heavy atom. The molecular formula is C22H41N9O6. The topological polar surface area (TPSA) is 267 Å². The SMILES string of the molecule is CC(=O)NCCCC[C@H](NC(=O)[C@@H](N)CCCN=C(N)N)C(=O)N[C@@H](C)C(=O)N[C@H](C=O)CCC(N)=O. The third kappa shape index (κ3) is 16.5. The molecule has 12 N–H and O–H groups in total. The number of hydrogen-bond donors (Lipinski definition) is 8. The molecular weight excluding hydrogens is 486 g/mol. The van der Waals surface area contributed by atoms with E-state index in [-0.39, 0.29) is 37.6 Å². The minimum absolute atomic E-state index is 0.0271. The van der Waals surface area contributed by atoms with Crippen molar-refractivity contribution in [2.24, 2.45) is 27.9 Å². The average molecular weight is 528 g/mol. The number of carbonyl (C=O) groups is 6. The van der Waals surface area contributed by atoms with Crippen molar-refractivity contribution in [3.05, 3.63) is 0 Å². The number of hydrogen-bond acceptors (Lipinski definition) is 8. The molecule has 0 aliphatic heterocycles. The second-order valence-corrected chi connectivity index (χ2v) is 8.58. The van der Waals surface area contributed by atoms with Crippen LogP contribution < -0.4 is 44.2 Å². The molecule has 0 radical (unpaired) electrons. The molecule has 0 heterocycles. The normalized spacial score (nSPS) is 13.7. The van der Waals surface area contributed by atoms with Crippen molar-refractivity contribution in [2.75, 3.05) is 13.1 Å². The van der Waals surface area contributed by atoms with Crippen molar-refractivity contribution >= 4 is 41.8 Å². The second kappa shape index (κ2) is 18.5. The molecule has 210 valence electrons. The maximum absolute atomic E-state index is 12.9. The Hall–Kier alpha value is -3.75. The highest BCUT2D eigenvalue weighted by molar-refractivity contribution is 5.93. The fourth-order valence-electron chi connectivity index (χ4n) is 3.10. The Morgan fingerprint density at radius 2 is 1.54 bits per heavy atom. The first-order chi connectivity index (χ1) is 17.4. The summed E-state index contributed by atoms with van der Waals surface area (Å²) in [4.78, 5) is 74.8. The first-order valence-electron chi connectivity index (χ1n) is 12.1. The molecule has 0 aliphatic carbocycles. The monoisotopic (exact) mass is 527 g/mol. The van der Waals surface area contributed by atoms with Crippen molar-refractivity contribution in [2.45, 2.75) is 83.0 Å². The van der Waals surface area contributed by atoms with E-state index in [1.807, 2.05) is 0 Å². The Balaban J connectivity index is 5.08. The summed E-state index contributed by atoms with van der Waals surface area (Å²) in [5.41, 5.74) is 21.5. The van der Waals surface area contributed by atoms with Crippen LogP contribution in [0.4, 0.5) is 0 Å². The molecule has 0 aromatic carbocycles. The highest BCUT2D eigenvalue weighted by Gasteiger charge is 2.26. The predicted octanol–water partition coefficient (Wildman–Crippen LogP) is -3.39. The summed E-state index contributed by atoms with van der Waals surface area (Å²) in [7, 11) is 0. The number of nitrogens with zero attached hydrogens (tertiary/aromatic N) is 1. The van der Waals surface area contributed by atoms with Crippen LogP contribution in [0.15, 0.2) is 4.99 Å². The molecule has 15 heteroatoms. The largest absolute Gasteiger partial charge is 0.370 e. The van der Waals surface area contributed by atoms with Gasteiger partial charge in [-0.25, -0.2) is 0 Å². The number of aliphatic imine (C=N–C) groups is 1. The van der Waals surface area contributed by atoms with Crippen molar-refractivity contribution in [3.8, 4) is 0 Å². The van der Waals surface area contributed by atoms with Crippen molar-refractivity contribution in [1.82, 2.24) is 21.3 Å². The maximum atomic E-state index is 12.9. The van der Waals surface area contributed by atoms with E-state index >= 15 is 0 Å². The van der Waals surface area contributed by atoms with Crippen LogP contribution in [0.5, 0.6) is 0 Å². The summed E-state index contributed by atoms with van der Waals surface area (Å²) < 4.78 is 0. The molecule has 5 amide bonds. The van der Waals surface area contributed by atoms with Crippen LogP contribution in [0.3, 0.4) is 0 Å². The van der Waals surface area contributed by atoms with Crippen LogP contribution in [-0.2, 0) is 28.8 Å². The van der Waals surface area contributed by atoms with Gasteiger partial charge in [0.05, 0.1) is 12.1 Å². The van der Waals surface area contributed by atoms with Gasteiger partial charge in [0, 0.05) is 26.4 Å². The number of unbranched alkanes of at least 4 members (excludes halogenated alkanes) is 1. The lowest BCUT2D eigenvalue weighted by Crippen LogP contribution is -2.55. The number of rotatable bonds is 19.